The number of halogens is 3. The van der Waals surface area contributed by atoms with Crippen molar-refractivity contribution in [2.45, 2.75) is 6.92 Å². The molecule has 0 saturated heterocycles. The van der Waals surface area contributed by atoms with Gasteiger partial charge in [-0.1, -0.05) is 41.4 Å². The van der Waals surface area contributed by atoms with Crippen molar-refractivity contribution in [1.82, 2.24) is 9.97 Å². The van der Waals surface area contributed by atoms with Gasteiger partial charge in [-0.3, -0.25) is 4.79 Å². The van der Waals surface area contributed by atoms with Crippen molar-refractivity contribution in [2.75, 3.05) is 10.6 Å². The molecule has 0 unspecified atom stereocenters. The van der Waals surface area contributed by atoms with Crippen LogP contribution in [-0.2, 0) is 0 Å². The lowest BCUT2D eigenvalue weighted by atomic mass is 10.2. The van der Waals surface area contributed by atoms with Gasteiger partial charge < -0.3 is 10.6 Å². The highest BCUT2D eigenvalue weighted by Crippen LogP contribution is 2.31. The Morgan fingerprint density at radius 3 is 2.54 bits per heavy atom. The molecular formula is C18H13Cl2FN4O. The van der Waals surface area contributed by atoms with Gasteiger partial charge in [0.25, 0.3) is 5.91 Å². The zero-order valence-corrected chi connectivity index (χ0v) is 15.1. The molecular weight excluding hydrogens is 378 g/mol. The fourth-order valence-electron chi connectivity index (χ4n) is 2.24. The standard InChI is InChI=1S/C18H13Cl2FN4O/c1-10-22-15(18(26)25-13-7-3-2-6-12(13)21)9-16(23-10)24-14-8-4-5-11(19)17(14)20/h2-9H,1H3,(H,25,26)(H,22,23,24). The average Bonchev–Trinajstić information content (AvgIpc) is 2.60. The molecule has 3 aromatic rings. The SMILES string of the molecule is Cc1nc(Nc2cccc(Cl)c2Cl)cc(C(=O)Nc2ccccc2F)n1. The maximum atomic E-state index is 13.7. The van der Waals surface area contributed by atoms with Crippen LogP contribution in [0.4, 0.5) is 21.6 Å². The second kappa shape index (κ2) is 7.68. The topological polar surface area (TPSA) is 66.9 Å². The minimum atomic E-state index is -0.555. The predicted molar refractivity (Wildman–Crippen MR) is 101 cm³/mol. The maximum absolute atomic E-state index is 13.7. The first-order valence-corrected chi connectivity index (χ1v) is 8.32. The third-order valence-corrected chi connectivity index (χ3v) is 4.23. The first-order valence-electron chi connectivity index (χ1n) is 7.56. The summed E-state index contributed by atoms with van der Waals surface area (Å²) >= 11 is 12.1. The molecule has 8 heteroatoms. The number of benzene rings is 2. The number of aryl methyl sites for hydroxylation is 1. The van der Waals surface area contributed by atoms with Crippen LogP contribution in [0.2, 0.25) is 10.0 Å². The van der Waals surface area contributed by atoms with E-state index >= 15 is 0 Å². The fraction of sp³-hybridized carbons (Fsp3) is 0.0556. The second-order valence-corrected chi connectivity index (χ2v) is 6.13. The quantitative estimate of drug-likeness (QED) is 0.640. The fourth-order valence-corrected chi connectivity index (χ4v) is 2.58. The molecule has 132 valence electrons. The molecule has 1 heterocycles. The number of para-hydroxylation sites is 1. The zero-order chi connectivity index (χ0) is 18.7. The highest BCUT2D eigenvalue weighted by molar-refractivity contribution is 6.43. The van der Waals surface area contributed by atoms with Crippen LogP contribution < -0.4 is 10.6 Å². The molecule has 2 aromatic carbocycles. The monoisotopic (exact) mass is 390 g/mol. The van der Waals surface area contributed by atoms with E-state index in [0.29, 0.717) is 27.4 Å². The van der Waals surface area contributed by atoms with E-state index in [1.165, 1.54) is 24.3 Å². The maximum Gasteiger partial charge on any atom is 0.274 e. The van der Waals surface area contributed by atoms with Crippen LogP contribution in [0.15, 0.2) is 48.5 Å². The molecule has 0 fully saturated rings. The van der Waals surface area contributed by atoms with Gasteiger partial charge in [-0.05, 0) is 31.2 Å². The van der Waals surface area contributed by atoms with Gasteiger partial charge in [0, 0.05) is 6.07 Å². The molecule has 0 spiro atoms. The minimum Gasteiger partial charge on any atom is -0.339 e. The summed E-state index contributed by atoms with van der Waals surface area (Å²) in [5.41, 5.74) is 0.695. The zero-order valence-electron chi connectivity index (χ0n) is 13.6. The Bertz CT molecular complexity index is 981. The molecule has 5 nitrogen and oxygen atoms in total. The Morgan fingerprint density at radius 2 is 1.77 bits per heavy atom. The number of nitrogens with one attached hydrogen (secondary N) is 2. The smallest absolute Gasteiger partial charge is 0.274 e. The molecule has 0 aliphatic carbocycles. The van der Waals surface area contributed by atoms with Crippen molar-refractivity contribution in [3.8, 4) is 0 Å². The third kappa shape index (κ3) is 4.09. The Morgan fingerprint density at radius 1 is 1.04 bits per heavy atom. The molecule has 0 aliphatic rings. The van der Waals surface area contributed by atoms with Crippen molar-refractivity contribution in [1.29, 1.82) is 0 Å². The number of amides is 1. The Labute approximate surface area is 159 Å². The normalized spacial score (nSPS) is 10.5. The van der Waals surface area contributed by atoms with E-state index in [9.17, 15) is 9.18 Å². The van der Waals surface area contributed by atoms with Gasteiger partial charge in [-0.2, -0.15) is 0 Å². The molecule has 0 saturated carbocycles. The van der Waals surface area contributed by atoms with Crippen LogP contribution in [-0.4, -0.2) is 15.9 Å². The summed E-state index contributed by atoms with van der Waals surface area (Å²) < 4.78 is 13.7. The number of nitrogens with zero attached hydrogens (tertiary/aromatic N) is 2. The molecule has 0 atom stereocenters. The minimum absolute atomic E-state index is 0.0705. The molecule has 0 bridgehead atoms. The lowest BCUT2D eigenvalue weighted by Crippen LogP contribution is -2.16. The van der Waals surface area contributed by atoms with E-state index < -0.39 is 11.7 Å². The van der Waals surface area contributed by atoms with E-state index in [4.69, 9.17) is 23.2 Å². The molecule has 0 aliphatic heterocycles. The number of carbonyl (C=O) groups excluding carboxylic acids is 1. The van der Waals surface area contributed by atoms with E-state index in [1.54, 1.807) is 31.2 Å². The first-order chi connectivity index (χ1) is 12.4. The van der Waals surface area contributed by atoms with Crippen LogP contribution >= 0.6 is 23.2 Å². The molecule has 3 rings (SSSR count). The predicted octanol–water partition coefficient (Wildman–Crippen LogP) is 5.23. The highest BCUT2D eigenvalue weighted by Gasteiger charge is 2.14. The number of hydrogen-bond acceptors (Lipinski definition) is 4. The van der Waals surface area contributed by atoms with Gasteiger partial charge in [-0.25, -0.2) is 14.4 Å². The van der Waals surface area contributed by atoms with E-state index in [2.05, 4.69) is 20.6 Å². The third-order valence-electron chi connectivity index (χ3n) is 3.41. The van der Waals surface area contributed by atoms with E-state index in [-0.39, 0.29) is 11.4 Å². The average molecular weight is 391 g/mol. The van der Waals surface area contributed by atoms with Gasteiger partial charge >= 0.3 is 0 Å². The lowest BCUT2D eigenvalue weighted by Gasteiger charge is -2.11. The van der Waals surface area contributed by atoms with Gasteiger partial charge in [0.1, 0.15) is 23.2 Å². The summed E-state index contributed by atoms with van der Waals surface area (Å²) in [5.74, 6) is -0.358. The van der Waals surface area contributed by atoms with Crippen LogP contribution in [0.3, 0.4) is 0 Å². The van der Waals surface area contributed by atoms with Crippen molar-refractivity contribution >= 4 is 46.3 Å². The van der Waals surface area contributed by atoms with Gasteiger partial charge in [0.05, 0.1) is 21.4 Å². The molecule has 26 heavy (non-hydrogen) atoms. The second-order valence-electron chi connectivity index (χ2n) is 5.35. The Hall–Kier alpha value is -2.70. The lowest BCUT2D eigenvalue weighted by molar-refractivity contribution is 0.102. The summed E-state index contributed by atoms with van der Waals surface area (Å²) in [6.07, 6.45) is 0. The number of anilines is 3. The number of hydrogen-bond donors (Lipinski definition) is 2. The van der Waals surface area contributed by atoms with E-state index in [1.807, 2.05) is 0 Å². The van der Waals surface area contributed by atoms with Crippen molar-refractivity contribution < 1.29 is 9.18 Å². The first kappa shape index (κ1) is 18.1. The Balaban J connectivity index is 1.86. The summed E-state index contributed by atoms with van der Waals surface area (Å²) in [4.78, 5) is 20.7. The number of rotatable bonds is 4. The van der Waals surface area contributed by atoms with E-state index in [0.717, 1.165) is 0 Å². The highest BCUT2D eigenvalue weighted by atomic mass is 35.5. The molecule has 1 amide bonds. The Kier molecular flexibility index (Phi) is 5.35. The molecule has 2 N–H and O–H groups in total. The summed E-state index contributed by atoms with van der Waals surface area (Å²) in [7, 11) is 0. The van der Waals surface area contributed by atoms with Gasteiger partial charge in [-0.15, -0.1) is 0 Å². The van der Waals surface area contributed by atoms with Crippen molar-refractivity contribution in [3.05, 3.63) is 75.9 Å². The summed E-state index contributed by atoms with van der Waals surface area (Å²) in [6.45, 7) is 1.64. The largest absolute Gasteiger partial charge is 0.339 e. The van der Waals surface area contributed by atoms with Crippen LogP contribution in [0.5, 0.6) is 0 Å². The summed E-state index contributed by atoms with van der Waals surface area (Å²) in [5, 5.41) is 6.21. The number of carbonyl (C=O) groups is 1. The molecule has 0 radical (unpaired) electrons. The van der Waals surface area contributed by atoms with Crippen molar-refractivity contribution in [2.24, 2.45) is 0 Å². The van der Waals surface area contributed by atoms with Crippen LogP contribution in [0.25, 0.3) is 0 Å². The van der Waals surface area contributed by atoms with Gasteiger partial charge in [0.2, 0.25) is 0 Å². The van der Waals surface area contributed by atoms with Crippen molar-refractivity contribution in [3.63, 3.8) is 0 Å². The molecule has 1 aromatic heterocycles. The summed E-state index contributed by atoms with van der Waals surface area (Å²) in [6, 6.07) is 12.4. The number of aromatic nitrogens is 2. The van der Waals surface area contributed by atoms with Gasteiger partial charge in [0.15, 0.2) is 0 Å². The van der Waals surface area contributed by atoms with Crippen LogP contribution in [0, 0.1) is 12.7 Å². The van der Waals surface area contributed by atoms with Crippen LogP contribution in [0.1, 0.15) is 16.3 Å².